The van der Waals surface area contributed by atoms with Crippen molar-refractivity contribution in [3.8, 4) is 0 Å². The van der Waals surface area contributed by atoms with E-state index in [1.807, 2.05) is 31.2 Å². The van der Waals surface area contributed by atoms with Crippen LogP contribution >= 0.6 is 0 Å². The van der Waals surface area contributed by atoms with E-state index in [0.29, 0.717) is 16.7 Å². The summed E-state index contributed by atoms with van der Waals surface area (Å²) in [4.78, 5) is 39.8. The molecule has 3 amide bonds. The molecule has 1 heterocycles. The van der Waals surface area contributed by atoms with Crippen molar-refractivity contribution in [1.29, 1.82) is 0 Å². The number of hydrogen-bond acceptors (Lipinski definition) is 3. The number of nitrogens with zero attached hydrogens (tertiary/aromatic N) is 1. The molecule has 0 bridgehead atoms. The van der Waals surface area contributed by atoms with Crippen molar-refractivity contribution in [2.24, 2.45) is 0 Å². The molecule has 0 aromatic heterocycles. The highest BCUT2D eigenvalue weighted by Crippen LogP contribution is 2.31. The first kappa shape index (κ1) is 18.4. The molecule has 2 aromatic carbocycles. The Morgan fingerprint density at radius 1 is 1.00 bits per heavy atom. The molecule has 144 valence electrons. The highest BCUT2D eigenvalue weighted by molar-refractivity contribution is 6.22. The maximum atomic E-state index is 12.9. The third-order valence-corrected chi connectivity index (χ3v) is 5.77. The first-order valence-electron chi connectivity index (χ1n) is 10.0. The lowest BCUT2D eigenvalue weighted by molar-refractivity contribution is 0.0549. The van der Waals surface area contributed by atoms with Gasteiger partial charge < -0.3 is 5.32 Å². The Labute approximate surface area is 164 Å². The summed E-state index contributed by atoms with van der Waals surface area (Å²) in [5.41, 5.74) is 2.94. The minimum atomic E-state index is -0.278. The number of para-hydroxylation sites is 1. The Hall–Kier alpha value is -2.95. The summed E-state index contributed by atoms with van der Waals surface area (Å²) < 4.78 is 0. The Morgan fingerprint density at radius 2 is 1.71 bits per heavy atom. The Bertz CT molecular complexity index is 945. The fraction of sp³-hybridized carbons (Fsp3) is 0.348. The zero-order valence-electron chi connectivity index (χ0n) is 16.0. The van der Waals surface area contributed by atoms with E-state index in [0.717, 1.165) is 49.8 Å². The number of benzene rings is 2. The molecule has 4 rings (SSSR count). The van der Waals surface area contributed by atoms with Crippen LogP contribution in [0.5, 0.6) is 0 Å². The number of hydrogen-bond donors (Lipinski definition) is 1. The topological polar surface area (TPSA) is 66.5 Å². The molecule has 1 aliphatic heterocycles. The van der Waals surface area contributed by atoms with Gasteiger partial charge in [-0.1, -0.05) is 44.4 Å². The molecule has 0 radical (unpaired) electrons. The van der Waals surface area contributed by atoms with E-state index in [9.17, 15) is 14.4 Å². The number of carbonyl (C=O) groups excluding carboxylic acids is 3. The summed E-state index contributed by atoms with van der Waals surface area (Å²) in [6, 6.07) is 12.4. The van der Waals surface area contributed by atoms with Crippen LogP contribution < -0.4 is 5.32 Å². The zero-order valence-corrected chi connectivity index (χ0v) is 16.0. The number of imide groups is 1. The summed E-state index contributed by atoms with van der Waals surface area (Å²) in [5.74, 6) is -0.772. The summed E-state index contributed by atoms with van der Waals surface area (Å²) >= 11 is 0. The molecule has 1 aliphatic carbocycles. The molecule has 28 heavy (non-hydrogen) atoms. The molecule has 0 unspecified atom stereocenters. The highest BCUT2D eigenvalue weighted by Gasteiger charge is 2.40. The van der Waals surface area contributed by atoms with Crippen LogP contribution in [0.15, 0.2) is 42.5 Å². The predicted molar refractivity (Wildman–Crippen MR) is 108 cm³/mol. The molecule has 0 spiro atoms. The minimum Gasteiger partial charge on any atom is -0.322 e. The van der Waals surface area contributed by atoms with E-state index in [1.54, 1.807) is 18.2 Å². The second-order valence-electron chi connectivity index (χ2n) is 7.50. The Balaban J connectivity index is 1.58. The zero-order chi connectivity index (χ0) is 19.7. The van der Waals surface area contributed by atoms with Gasteiger partial charge >= 0.3 is 0 Å². The fourth-order valence-electron chi connectivity index (χ4n) is 4.22. The molecular formula is C23H24N2O3. The third-order valence-electron chi connectivity index (χ3n) is 5.77. The molecule has 2 aliphatic rings. The summed E-state index contributed by atoms with van der Waals surface area (Å²) in [5, 5.41) is 2.92. The molecule has 5 heteroatoms. The van der Waals surface area contributed by atoms with Gasteiger partial charge in [-0.15, -0.1) is 0 Å². The minimum absolute atomic E-state index is 0.0187. The van der Waals surface area contributed by atoms with Crippen molar-refractivity contribution in [2.45, 2.75) is 51.5 Å². The Kier molecular flexibility index (Phi) is 4.99. The molecule has 5 nitrogen and oxygen atoms in total. The number of amides is 3. The van der Waals surface area contributed by atoms with Crippen molar-refractivity contribution < 1.29 is 14.4 Å². The van der Waals surface area contributed by atoms with Gasteiger partial charge in [0.15, 0.2) is 0 Å². The van der Waals surface area contributed by atoms with Crippen LogP contribution in [-0.4, -0.2) is 28.7 Å². The number of nitrogens with one attached hydrogen (secondary N) is 1. The number of rotatable bonds is 4. The van der Waals surface area contributed by atoms with Crippen LogP contribution in [-0.2, 0) is 6.42 Å². The van der Waals surface area contributed by atoms with Gasteiger partial charge in [0.2, 0.25) is 0 Å². The van der Waals surface area contributed by atoms with E-state index >= 15 is 0 Å². The average molecular weight is 376 g/mol. The maximum absolute atomic E-state index is 12.9. The fourth-order valence-corrected chi connectivity index (χ4v) is 4.22. The van der Waals surface area contributed by atoms with Gasteiger partial charge in [0.1, 0.15) is 0 Å². The van der Waals surface area contributed by atoms with Crippen LogP contribution in [0.3, 0.4) is 0 Å². The predicted octanol–water partition coefficient (Wildman–Crippen LogP) is 4.43. The van der Waals surface area contributed by atoms with E-state index in [4.69, 9.17) is 0 Å². The summed E-state index contributed by atoms with van der Waals surface area (Å²) in [7, 11) is 0. The second-order valence-corrected chi connectivity index (χ2v) is 7.50. The van der Waals surface area contributed by atoms with Crippen LogP contribution in [0.2, 0.25) is 0 Å². The van der Waals surface area contributed by atoms with Crippen LogP contribution in [0.25, 0.3) is 0 Å². The van der Waals surface area contributed by atoms with Gasteiger partial charge in [-0.05, 0) is 49.1 Å². The lowest BCUT2D eigenvalue weighted by Crippen LogP contribution is -2.40. The summed E-state index contributed by atoms with van der Waals surface area (Å²) in [6.07, 6.45) is 5.79. The van der Waals surface area contributed by atoms with Crippen molar-refractivity contribution >= 4 is 23.4 Å². The van der Waals surface area contributed by atoms with Crippen molar-refractivity contribution in [3.05, 3.63) is 64.7 Å². The van der Waals surface area contributed by atoms with Gasteiger partial charge in [0.05, 0.1) is 11.1 Å². The lowest BCUT2D eigenvalue weighted by atomic mass is 9.94. The van der Waals surface area contributed by atoms with E-state index in [2.05, 4.69) is 5.32 Å². The van der Waals surface area contributed by atoms with Crippen molar-refractivity contribution in [2.75, 3.05) is 5.32 Å². The van der Waals surface area contributed by atoms with Gasteiger partial charge in [-0.3, -0.25) is 19.3 Å². The van der Waals surface area contributed by atoms with Crippen LogP contribution in [0.1, 0.15) is 75.7 Å². The molecule has 2 aromatic rings. The van der Waals surface area contributed by atoms with Gasteiger partial charge in [0, 0.05) is 17.3 Å². The van der Waals surface area contributed by atoms with Gasteiger partial charge in [-0.25, -0.2) is 0 Å². The molecule has 1 saturated carbocycles. The molecule has 1 N–H and O–H groups in total. The largest absolute Gasteiger partial charge is 0.322 e. The van der Waals surface area contributed by atoms with E-state index in [1.165, 1.54) is 4.90 Å². The lowest BCUT2D eigenvalue weighted by Gasteiger charge is -2.29. The SMILES string of the molecule is CCc1ccccc1NC(=O)c1ccc2c(c1)C(=O)N(C1CCCCC1)C2=O. The maximum Gasteiger partial charge on any atom is 0.261 e. The Morgan fingerprint density at radius 3 is 2.46 bits per heavy atom. The van der Waals surface area contributed by atoms with E-state index in [-0.39, 0.29) is 23.8 Å². The first-order chi connectivity index (χ1) is 13.6. The summed E-state index contributed by atoms with van der Waals surface area (Å²) in [6.45, 7) is 2.03. The smallest absolute Gasteiger partial charge is 0.261 e. The number of fused-ring (bicyclic) bond motifs is 1. The monoisotopic (exact) mass is 376 g/mol. The van der Waals surface area contributed by atoms with Crippen molar-refractivity contribution in [3.63, 3.8) is 0 Å². The molecule has 0 atom stereocenters. The number of aryl methyl sites for hydroxylation is 1. The third kappa shape index (κ3) is 3.21. The number of carbonyl (C=O) groups is 3. The molecule has 0 saturated heterocycles. The quantitative estimate of drug-likeness (QED) is 0.803. The van der Waals surface area contributed by atoms with Crippen LogP contribution in [0.4, 0.5) is 5.69 Å². The van der Waals surface area contributed by atoms with Gasteiger partial charge in [0.25, 0.3) is 17.7 Å². The molecular weight excluding hydrogens is 352 g/mol. The van der Waals surface area contributed by atoms with Gasteiger partial charge in [-0.2, -0.15) is 0 Å². The first-order valence-corrected chi connectivity index (χ1v) is 10.0. The van der Waals surface area contributed by atoms with Crippen molar-refractivity contribution in [1.82, 2.24) is 4.90 Å². The average Bonchev–Trinajstić information content (AvgIpc) is 2.99. The number of anilines is 1. The standard InChI is InChI=1S/C23H24N2O3/c1-2-15-8-6-7-11-20(15)24-21(26)16-12-13-18-19(14-16)23(28)25(22(18)27)17-9-4-3-5-10-17/h6-8,11-14,17H,2-5,9-10H2,1H3,(H,24,26). The molecule has 1 fully saturated rings. The second kappa shape index (κ2) is 7.58. The highest BCUT2D eigenvalue weighted by atomic mass is 16.2. The van der Waals surface area contributed by atoms with Crippen LogP contribution in [0, 0.1) is 0 Å². The van der Waals surface area contributed by atoms with E-state index < -0.39 is 0 Å². The normalized spacial score (nSPS) is 17.0.